The Morgan fingerprint density at radius 1 is 0.414 bits per heavy atom. The summed E-state index contributed by atoms with van der Waals surface area (Å²) in [5.41, 5.74) is 0. The minimum absolute atomic E-state index is 0.0186. The van der Waals surface area contributed by atoms with Crippen molar-refractivity contribution in [1.82, 2.24) is 5.32 Å². The number of ether oxygens (including phenoxy) is 3. The highest BCUT2D eigenvalue weighted by molar-refractivity contribution is 5.76. The summed E-state index contributed by atoms with van der Waals surface area (Å²) in [6.07, 6.45) is 72.5. The summed E-state index contributed by atoms with van der Waals surface area (Å²) in [6, 6.07) is -0.804. The quantitative estimate of drug-likeness (QED) is 0.0195. The molecule has 1 saturated heterocycles. The highest BCUT2D eigenvalue weighted by Gasteiger charge is 2.44. The molecule has 7 unspecified atom stereocenters. The molecule has 0 radical (unpaired) electrons. The van der Waals surface area contributed by atoms with Crippen LogP contribution in [0.4, 0.5) is 0 Å². The number of esters is 1. The van der Waals surface area contributed by atoms with Crippen LogP contribution in [0.5, 0.6) is 0 Å². The molecule has 1 fully saturated rings. The fourth-order valence-electron chi connectivity index (χ4n) is 12.6. The van der Waals surface area contributed by atoms with E-state index in [1.165, 1.54) is 321 Å². The third-order valence-electron chi connectivity index (χ3n) is 18.7. The Labute approximate surface area is 538 Å². The van der Waals surface area contributed by atoms with Crippen molar-refractivity contribution in [1.29, 1.82) is 0 Å². The van der Waals surface area contributed by atoms with Crippen LogP contribution in [0.25, 0.3) is 0 Å². The lowest BCUT2D eigenvalue weighted by Gasteiger charge is -2.40. The van der Waals surface area contributed by atoms with Gasteiger partial charge in [0.2, 0.25) is 5.91 Å². The molecule has 0 aromatic carbocycles. The summed E-state index contributed by atoms with van der Waals surface area (Å²) in [5, 5.41) is 54.3. The Morgan fingerprint density at radius 3 is 1.07 bits per heavy atom. The van der Waals surface area contributed by atoms with Crippen LogP contribution in [0.2, 0.25) is 0 Å². The Kier molecular flexibility index (Phi) is 63.2. The minimum Gasteiger partial charge on any atom is -0.466 e. The first-order valence-corrected chi connectivity index (χ1v) is 38.5. The number of allylic oxidation sites excluding steroid dienone is 1. The van der Waals surface area contributed by atoms with E-state index < -0.39 is 49.5 Å². The van der Waals surface area contributed by atoms with E-state index in [9.17, 15) is 35.1 Å². The van der Waals surface area contributed by atoms with Gasteiger partial charge >= 0.3 is 5.97 Å². The summed E-state index contributed by atoms with van der Waals surface area (Å²) in [7, 11) is 0. The molecule has 87 heavy (non-hydrogen) atoms. The van der Waals surface area contributed by atoms with E-state index in [4.69, 9.17) is 14.2 Å². The molecule has 1 amide bonds. The van der Waals surface area contributed by atoms with Crippen LogP contribution in [-0.4, -0.2) is 100 Å². The van der Waals surface area contributed by atoms with Crippen LogP contribution in [0.1, 0.15) is 399 Å². The van der Waals surface area contributed by atoms with Crippen LogP contribution in [0.15, 0.2) is 12.2 Å². The van der Waals surface area contributed by atoms with Crippen molar-refractivity contribution < 1.29 is 49.3 Å². The number of carbonyl (C=O) groups is 2. The van der Waals surface area contributed by atoms with Gasteiger partial charge in [0.05, 0.1) is 32.0 Å². The average Bonchev–Trinajstić information content (AvgIpc) is 3.72. The maximum atomic E-state index is 13.0. The van der Waals surface area contributed by atoms with Gasteiger partial charge in [0.1, 0.15) is 24.4 Å². The second-order valence-corrected chi connectivity index (χ2v) is 27.1. The van der Waals surface area contributed by atoms with E-state index in [-0.39, 0.29) is 18.5 Å². The number of rotatable bonds is 69. The van der Waals surface area contributed by atoms with Gasteiger partial charge in [0.15, 0.2) is 6.29 Å². The summed E-state index contributed by atoms with van der Waals surface area (Å²) in [6.45, 7) is 4.37. The minimum atomic E-state index is -1.57. The van der Waals surface area contributed by atoms with Gasteiger partial charge in [-0.3, -0.25) is 9.59 Å². The van der Waals surface area contributed by atoms with E-state index in [1.807, 2.05) is 6.08 Å². The van der Waals surface area contributed by atoms with Crippen LogP contribution in [0.3, 0.4) is 0 Å². The molecule has 0 spiro atoms. The molecule has 1 aliphatic heterocycles. The van der Waals surface area contributed by atoms with E-state index in [0.717, 1.165) is 51.4 Å². The summed E-state index contributed by atoms with van der Waals surface area (Å²) < 4.78 is 16.8. The zero-order chi connectivity index (χ0) is 63.0. The zero-order valence-corrected chi connectivity index (χ0v) is 57.5. The van der Waals surface area contributed by atoms with E-state index in [0.29, 0.717) is 19.4 Å². The van der Waals surface area contributed by atoms with Crippen molar-refractivity contribution in [3.8, 4) is 0 Å². The van der Waals surface area contributed by atoms with Gasteiger partial charge < -0.3 is 45.1 Å². The fourth-order valence-corrected chi connectivity index (χ4v) is 12.6. The molecule has 0 aliphatic carbocycles. The average molecular weight is 1240 g/mol. The molecule has 7 atom stereocenters. The van der Waals surface area contributed by atoms with Crippen LogP contribution >= 0.6 is 0 Å². The molecule has 0 aromatic heterocycles. The molecule has 0 bridgehead atoms. The van der Waals surface area contributed by atoms with Crippen molar-refractivity contribution in [2.75, 3.05) is 19.8 Å². The number of nitrogens with one attached hydrogen (secondary N) is 1. The van der Waals surface area contributed by atoms with Crippen molar-refractivity contribution >= 4 is 11.9 Å². The highest BCUT2D eigenvalue weighted by Crippen LogP contribution is 2.24. The third-order valence-corrected chi connectivity index (χ3v) is 18.7. The Hall–Kier alpha value is -1.60. The normalized spacial score (nSPS) is 17.8. The second kappa shape index (κ2) is 65.9. The molecule has 516 valence electrons. The fraction of sp³-hybridized carbons (Fsp3) is 0.947. The van der Waals surface area contributed by atoms with Gasteiger partial charge in [-0.15, -0.1) is 0 Å². The van der Waals surface area contributed by atoms with Gasteiger partial charge in [-0.2, -0.15) is 0 Å². The van der Waals surface area contributed by atoms with Crippen molar-refractivity contribution in [3.63, 3.8) is 0 Å². The maximum absolute atomic E-state index is 13.0. The molecule has 0 saturated carbocycles. The van der Waals surface area contributed by atoms with Gasteiger partial charge in [0, 0.05) is 12.8 Å². The third kappa shape index (κ3) is 54.7. The first-order valence-electron chi connectivity index (χ1n) is 38.5. The molecule has 11 nitrogen and oxygen atoms in total. The van der Waals surface area contributed by atoms with Crippen LogP contribution in [-0.2, 0) is 23.8 Å². The topological polar surface area (TPSA) is 175 Å². The monoisotopic (exact) mass is 1230 g/mol. The molecular weight excluding hydrogens is 1090 g/mol. The number of aliphatic hydroxyl groups is 5. The second-order valence-electron chi connectivity index (χ2n) is 27.1. The van der Waals surface area contributed by atoms with Crippen LogP contribution in [0, 0.1) is 0 Å². The number of amides is 1. The lowest BCUT2D eigenvalue weighted by molar-refractivity contribution is -0.302. The predicted octanol–water partition coefficient (Wildman–Crippen LogP) is 20.2. The van der Waals surface area contributed by atoms with Gasteiger partial charge in [-0.25, -0.2) is 0 Å². The van der Waals surface area contributed by atoms with Gasteiger partial charge in [-0.1, -0.05) is 366 Å². The molecule has 11 heteroatoms. The Morgan fingerprint density at radius 2 is 0.724 bits per heavy atom. The maximum Gasteiger partial charge on any atom is 0.305 e. The summed E-state index contributed by atoms with van der Waals surface area (Å²) >= 11 is 0. The number of hydrogen-bond acceptors (Lipinski definition) is 10. The Balaban J connectivity index is 1.85. The van der Waals surface area contributed by atoms with E-state index in [2.05, 4.69) is 19.2 Å². The molecule has 0 aromatic rings. The molecule has 1 rings (SSSR count). The first kappa shape index (κ1) is 83.4. The number of carbonyl (C=O) groups excluding carboxylic acids is 2. The zero-order valence-electron chi connectivity index (χ0n) is 57.5. The summed E-state index contributed by atoms with van der Waals surface area (Å²) in [4.78, 5) is 25.2. The van der Waals surface area contributed by atoms with Gasteiger partial charge in [-0.05, 0) is 32.1 Å². The number of unbranched alkanes of at least 4 members (excludes halogenated alkanes) is 55. The molecular formula is C76H147NO10. The summed E-state index contributed by atoms with van der Waals surface area (Å²) in [5.74, 6) is -0.159. The first-order chi connectivity index (χ1) is 42.7. The lowest BCUT2D eigenvalue weighted by atomic mass is 9.99. The smallest absolute Gasteiger partial charge is 0.305 e. The highest BCUT2D eigenvalue weighted by atomic mass is 16.7. The van der Waals surface area contributed by atoms with Crippen molar-refractivity contribution in [2.45, 2.75) is 442 Å². The predicted molar refractivity (Wildman–Crippen MR) is 366 cm³/mol. The van der Waals surface area contributed by atoms with Crippen molar-refractivity contribution in [3.05, 3.63) is 12.2 Å². The number of hydrogen-bond donors (Lipinski definition) is 6. The Bertz CT molecular complexity index is 1450. The van der Waals surface area contributed by atoms with E-state index in [1.54, 1.807) is 6.08 Å². The molecule has 6 N–H and O–H groups in total. The largest absolute Gasteiger partial charge is 0.466 e. The van der Waals surface area contributed by atoms with Crippen LogP contribution < -0.4 is 5.32 Å². The molecule has 1 heterocycles. The van der Waals surface area contributed by atoms with E-state index >= 15 is 0 Å². The lowest BCUT2D eigenvalue weighted by Crippen LogP contribution is -2.60. The van der Waals surface area contributed by atoms with Crippen molar-refractivity contribution in [2.24, 2.45) is 0 Å². The SMILES string of the molecule is CCCCCCCCC/C=C/C(O)C(COC1OC(CO)C(O)C(O)C1O)NC(=O)CCCCCCCCCCCCCCCCCCCCCCCCCCCCCCCCCOC(=O)CCCCCCCCCCCCCCCCCCCCC. The number of aliphatic hydroxyl groups excluding tert-OH is 5. The van der Waals surface area contributed by atoms with Gasteiger partial charge in [0.25, 0.3) is 0 Å². The standard InChI is InChI=1S/C76H147NO10/c1-3-5-7-9-11-13-14-15-16-17-31-35-38-41-44-48-52-56-60-64-72(81)85-65-61-57-53-49-45-42-39-36-33-30-28-26-24-22-20-18-19-21-23-25-27-29-32-34-37-40-43-47-51-55-59-63-71(80)77-68(69(79)62-58-54-50-46-12-10-8-6-4-2)67-86-76-75(84)74(83)73(82)70(66-78)87-76/h58,62,68-70,73-76,78-79,82-84H,3-57,59-61,63-67H2,1-2H3,(H,77,80)/b62-58+. The molecule has 1 aliphatic rings.